The first-order valence-electron chi connectivity index (χ1n) is 7.07. The predicted molar refractivity (Wildman–Crippen MR) is 81.5 cm³/mol. The zero-order chi connectivity index (χ0) is 14.9. The lowest BCUT2D eigenvalue weighted by Gasteiger charge is -2.32. The van der Waals surface area contributed by atoms with Crippen molar-refractivity contribution in [2.24, 2.45) is 0 Å². The third-order valence-electron chi connectivity index (χ3n) is 4.61. The molecule has 0 radical (unpaired) electrons. The molecule has 0 saturated carbocycles. The summed E-state index contributed by atoms with van der Waals surface area (Å²) in [4.78, 5) is 12.9. The van der Waals surface area contributed by atoms with E-state index < -0.39 is 0 Å². The highest BCUT2D eigenvalue weighted by Gasteiger charge is 2.52. The zero-order valence-corrected chi connectivity index (χ0v) is 12.8. The topological polar surface area (TPSA) is 32.8 Å². The van der Waals surface area contributed by atoms with Crippen molar-refractivity contribution in [3.8, 4) is 5.75 Å². The maximum Gasteiger partial charge on any atom is 0.119 e. The molecule has 0 aromatic heterocycles. The number of ether oxygens (including phenoxy) is 1. The van der Waals surface area contributed by atoms with Crippen molar-refractivity contribution in [2.75, 3.05) is 32.1 Å². The molecule has 110 valence electrons. The van der Waals surface area contributed by atoms with E-state index in [4.69, 9.17) is 9.53 Å². The number of hydrogen-bond acceptors (Lipinski definition) is 4. The largest absolute Gasteiger partial charge is 0.494 e. The van der Waals surface area contributed by atoms with Gasteiger partial charge >= 0.3 is 0 Å². The molecule has 0 amide bonds. The minimum Gasteiger partial charge on any atom is -0.494 e. The fourth-order valence-electron chi connectivity index (χ4n) is 3.81. The van der Waals surface area contributed by atoms with E-state index in [0.717, 1.165) is 12.4 Å². The van der Waals surface area contributed by atoms with Crippen LogP contribution in [0.25, 0.3) is 0 Å². The lowest BCUT2D eigenvalue weighted by atomic mass is 9.81. The van der Waals surface area contributed by atoms with Gasteiger partial charge in [0.05, 0.1) is 12.8 Å². The Morgan fingerprint density at radius 3 is 2.75 bits per heavy atom. The first kappa shape index (κ1) is 14.9. The van der Waals surface area contributed by atoms with Crippen LogP contribution in [0.3, 0.4) is 0 Å². The molecule has 2 aliphatic heterocycles. The van der Waals surface area contributed by atoms with Crippen molar-refractivity contribution in [2.45, 2.75) is 31.8 Å². The molecule has 2 atom stereocenters. The smallest absolute Gasteiger partial charge is 0.119 e. The lowest BCUT2D eigenvalue weighted by Crippen LogP contribution is -2.45. The second kappa shape index (κ2) is 5.44. The Hall–Kier alpha value is -1.55. The third kappa shape index (κ3) is 1.99. The maximum absolute atomic E-state index is 8.00. The van der Waals surface area contributed by atoms with Crippen LogP contribution < -0.4 is 9.64 Å². The highest BCUT2D eigenvalue weighted by Crippen LogP contribution is 2.51. The molecule has 0 spiro atoms. The van der Waals surface area contributed by atoms with Crippen LogP contribution in [0, 0.1) is 0 Å². The molecule has 4 heteroatoms. The maximum atomic E-state index is 8.00. The molecule has 0 bridgehead atoms. The summed E-state index contributed by atoms with van der Waals surface area (Å²) in [5.74, 6) is 1.00. The van der Waals surface area contributed by atoms with Crippen LogP contribution in [0.5, 0.6) is 5.75 Å². The first-order chi connectivity index (χ1) is 9.58. The van der Waals surface area contributed by atoms with Crippen LogP contribution in [0.4, 0.5) is 5.69 Å². The van der Waals surface area contributed by atoms with E-state index in [1.165, 1.54) is 24.2 Å². The van der Waals surface area contributed by atoms with Gasteiger partial charge in [-0.25, -0.2) is 0 Å². The van der Waals surface area contributed by atoms with Crippen molar-refractivity contribution in [3.63, 3.8) is 0 Å². The minimum atomic E-state index is 0.242. The number of likely N-dealkylation sites (tertiary alicyclic amines) is 1. The number of likely N-dealkylation sites (N-methyl/N-ethyl adjacent to an activating group) is 2. The SMILES string of the molecule is C=O.CCOc1ccc2c(c1)[C@@]1(C)CCN(C)[C@H]1N2C. The number of anilines is 1. The van der Waals surface area contributed by atoms with E-state index >= 15 is 0 Å². The Balaban J connectivity index is 0.000000704. The van der Waals surface area contributed by atoms with Gasteiger partial charge in [-0.05, 0) is 44.2 Å². The molecule has 3 rings (SSSR count). The average Bonchev–Trinajstić information content (AvgIpc) is 2.88. The van der Waals surface area contributed by atoms with Crippen LogP contribution in [0.15, 0.2) is 18.2 Å². The number of hydrogen-bond donors (Lipinski definition) is 0. The summed E-state index contributed by atoms with van der Waals surface area (Å²) >= 11 is 0. The second-order valence-corrected chi connectivity index (χ2v) is 5.74. The normalized spacial score (nSPS) is 27.6. The molecule has 1 saturated heterocycles. The summed E-state index contributed by atoms with van der Waals surface area (Å²) in [7, 11) is 4.43. The monoisotopic (exact) mass is 276 g/mol. The summed E-state index contributed by atoms with van der Waals surface area (Å²) < 4.78 is 5.65. The van der Waals surface area contributed by atoms with Gasteiger partial charge in [-0.1, -0.05) is 6.92 Å². The highest BCUT2D eigenvalue weighted by atomic mass is 16.5. The van der Waals surface area contributed by atoms with Crippen molar-refractivity contribution < 1.29 is 9.53 Å². The standard InChI is InChI=1S/C15H22N2O.CH2O/c1-5-18-11-6-7-13-12(10-11)15(2)8-9-16(3)14(15)17(13)4;1-2/h6-7,10,14H,5,8-9H2,1-4H3;1H2/t14-,15+;/m0./s1. The molecule has 0 aliphatic carbocycles. The summed E-state index contributed by atoms with van der Waals surface area (Å²) in [6.45, 7) is 8.32. The first-order valence-corrected chi connectivity index (χ1v) is 7.07. The van der Waals surface area contributed by atoms with Crippen LogP contribution in [-0.4, -0.2) is 45.1 Å². The Bertz CT molecular complexity index is 491. The fourth-order valence-corrected chi connectivity index (χ4v) is 3.81. The van der Waals surface area contributed by atoms with Gasteiger partial charge in [-0.15, -0.1) is 0 Å². The van der Waals surface area contributed by atoms with E-state index in [9.17, 15) is 0 Å². The molecule has 0 unspecified atom stereocenters. The summed E-state index contributed by atoms with van der Waals surface area (Å²) in [6.07, 6.45) is 1.71. The van der Waals surface area contributed by atoms with E-state index in [1.807, 2.05) is 13.7 Å². The van der Waals surface area contributed by atoms with Gasteiger partial charge in [-0.3, -0.25) is 4.90 Å². The number of benzene rings is 1. The molecule has 2 heterocycles. The molecule has 20 heavy (non-hydrogen) atoms. The molecule has 1 fully saturated rings. The number of carbonyl (C=O) groups excluding carboxylic acids is 1. The van der Waals surface area contributed by atoms with Gasteiger partial charge in [0, 0.05) is 24.7 Å². The number of nitrogens with zero attached hydrogens (tertiary/aromatic N) is 2. The van der Waals surface area contributed by atoms with Crippen LogP contribution in [0.2, 0.25) is 0 Å². The predicted octanol–water partition coefficient (Wildman–Crippen LogP) is 2.27. The molecular weight excluding hydrogens is 252 g/mol. The average molecular weight is 276 g/mol. The summed E-state index contributed by atoms with van der Waals surface area (Å²) in [6, 6.07) is 6.54. The summed E-state index contributed by atoms with van der Waals surface area (Å²) in [5, 5.41) is 0. The summed E-state index contributed by atoms with van der Waals surface area (Å²) in [5.41, 5.74) is 3.05. The van der Waals surface area contributed by atoms with E-state index in [2.05, 4.69) is 49.0 Å². The van der Waals surface area contributed by atoms with Crippen LogP contribution >= 0.6 is 0 Å². The third-order valence-corrected chi connectivity index (χ3v) is 4.61. The molecular formula is C16H24N2O2. The Morgan fingerprint density at radius 1 is 1.40 bits per heavy atom. The molecule has 4 nitrogen and oxygen atoms in total. The number of fused-ring (bicyclic) bond motifs is 3. The Kier molecular flexibility index (Phi) is 4.04. The molecule has 1 aromatic rings. The number of carbonyl (C=O) groups is 1. The Labute approximate surface area is 121 Å². The second-order valence-electron chi connectivity index (χ2n) is 5.74. The highest BCUT2D eigenvalue weighted by molar-refractivity contribution is 5.66. The van der Waals surface area contributed by atoms with E-state index in [1.54, 1.807) is 0 Å². The van der Waals surface area contributed by atoms with Crippen molar-refractivity contribution in [1.82, 2.24) is 4.90 Å². The minimum absolute atomic E-state index is 0.242. The van der Waals surface area contributed by atoms with E-state index in [-0.39, 0.29) is 5.41 Å². The Morgan fingerprint density at radius 2 is 2.10 bits per heavy atom. The molecule has 2 aliphatic rings. The van der Waals surface area contributed by atoms with Crippen molar-refractivity contribution in [3.05, 3.63) is 23.8 Å². The van der Waals surface area contributed by atoms with Gasteiger partial charge in [0.15, 0.2) is 0 Å². The van der Waals surface area contributed by atoms with Crippen molar-refractivity contribution in [1.29, 1.82) is 0 Å². The number of rotatable bonds is 2. The van der Waals surface area contributed by atoms with Gasteiger partial charge < -0.3 is 14.4 Å². The molecule has 0 N–H and O–H groups in total. The van der Waals surface area contributed by atoms with E-state index in [0.29, 0.717) is 6.17 Å². The zero-order valence-electron chi connectivity index (χ0n) is 12.8. The van der Waals surface area contributed by atoms with Crippen LogP contribution in [-0.2, 0) is 10.2 Å². The van der Waals surface area contributed by atoms with Crippen LogP contribution in [0.1, 0.15) is 25.8 Å². The van der Waals surface area contributed by atoms with Gasteiger partial charge in [0.1, 0.15) is 12.5 Å². The fraction of sp³-hybridized carbons (Fsp3) is 0.562. The van der Waals surface area contributed by atoms with Gasteiger partial charge in [-0.2, -0.15) is 0 Å². The lowest BCUT2D eigenvalue weighted by molar-refractivity contribution is -0.0979. The molecule has 1 aromatic carbocycles. The van der Waals surface area contributed by atoms with Gasteiger partial charge in [0.25, 0.3) is 0 Å². The quantitative estimate of drug-likeness (QED) is 0.829. The van der Waals surface area contributed by atoms with Crippen molar-refractivity contribution >= 4 is 12.5 Å². The van der Waals surface area contributed by atoms with Gasteiger partial charge in [0.2, 0.25) is 0 Å².